The fourth-order valence-electron chi connectivity index (χ4n) is 21.9. The molecular weight excluding hydrogens is 1660 g/mol. The largest absolute Gasteiger partial charge is 0.398 e. The van der Waals surface area contributed by atoms with Crippen LogP contribution in [0.3, 0.4) is 0 Å². The first-order valence-corrected chi connectivity index (χ1v) is 45.8. The van der Waals surface area contributed by atoms with Crippen molar-refractivity contribution in [3.63, 3.8) is 0 Å². The molecule has 136 heavy (non-hydrogen) atoms. The van der Waals surface area contributed by atoms with Gasteiger partial charge < -0.3 is 63.1 Å². The van der Waals surface area contributed by atoms with Crippen LogP contribution in [0.5, 0.6) is 0 Å². The Kier molecular flexibility index (Phi) is 18.0. The molecule has 0 heterocycles. The summed E-state index contributed by atoms with van der Waals surface area (Å²) in [6.07, 6.45) is 0. The Bertz CT molecular complexity index is 10100. The van der Waals surface area contributed by atoms with E-state index in [1.807, 2.05) is 48.5 Å². The minimum atomic E-state index is 0.633. The number of nitrogens with two attached hydrogens (primary N) is 11. The van der Waals surface area contributed by atoms with E-state index in [-0.39, 0.29) is 0 Å². The first-order chi connectivity index (χ1) is 66.3. The fourth-order valence-corrected chi connectivity index (χ4v) is 21.9. The average molecular weight is 1750 g/mol. The summed E-state index contributed by atoms with van der Waals surface area (Å²) >= 11 is 0. The van der Waals surface area contributed by atoms with Crippen molar-refractivity contribution in [3.05, 3.63) is 394 Å². The van der Waals surface area contributed by atoms with Crippen LogP contribution in [0.15, 0.2) is 388 Å². The van der Waals surface area contributed by atoms with Gasteiger partial charge in [0.15, 0.2) is 0 Å². The maximum Gasteiger partial charge on any atom is 0.0640 e. The number of nitrogen functional groups attached to an aromatic ring is 11. The topological polar surface area (TPSA) is 286 Å². The highest BCUT2D eigenvalue weighted by molar-refractivity contribution is 6.37. The zero-order chi connectivity index (χ0) is 91.9. The Morgan fingerprint density at radius 3 is 0.926 bits per heavy atom. The highest BCUT2D eigenvalue weighted by Gasteiger charge is 2.21. The summed E-state index contributed by atoms with van der Waals surface area (Å²) < 4.78 is 0. The van der Waals surface area contributed by atoms with Gasteiger partial charge in [-0.3, -0.25) is 0 Å². The Morgan fingerprint density at radius 2 is 0.390 bits per heavy atom. The minimum Gasteiger partial charge on any atom is -0.398 e. The van der Waals surface area contributed by atoms with Crippen LogP contribution in [0.1, 0.15) is 5.56 Å². The second-order valence-corrected chi connectivity index (χ2v) is 36.6. The van der Waals surface area contributed by atoms with Gasteiger partial charge in [0, 0.05) is 38.0 Å². The van der Waals surface area contributed by atoms with Crippen LogP contribution in [-0.2, 0) is 0 Å². The molecule has 11 heteroatoms. The summed E-state index contributed by atoms with van der Waals surface area (Å²) in [6.45, 7) is 2.08. The number of hydrogen-bond donors (Lipinski definition) is 11. The average Bonchev–Trinajstić information content (AvgIpc) is 0.710. The van der Waals surface area contributed by atoms with Crippen LogP contribution in [0.2, 0.25) is 0 Å². The second-order valence-electron chi connectivity index (χ2n) is 36.6. The molecule has 22 N–H and O–H groups in total. The van der Waals surface area contributed by atoms with Gasteiger partial charge in [0.2, 0.25) is 0 Å². The third kappa shape index (κ3) is 12.8. The lowest BCUT2D eigenvalue weighted by Crippen LogP contribution is -1.99. The zero-order valence-electron chi connectivity index (χ0n) is 74.3. The fraction of sp³-hybridized carbons (Fsp3) is 0.00800. The highest BCUT2D eigenvalue weighted by Crippen LogP contribution is 2.49. The zero-order valence-corrected chi connectivity index (χ0v) is 74.3. The van der Waals surface area contributed by atoms with E-state index in [1.165, 1.54) is 199 Å². The van der Waals surface area contributed by atoms with Crippen LogP contribution in [0, 0.1) is 6.92 Å². The number of fused-ring (bicyclic) bond motifs is 16. The summed E-state index contributed by atoms with van der Waals surface area (Å²) in [7, 11) is 0. The van der Waals surface area contributed by atoms with E-state index in [0.29, 0.717) is 56.9 Å². The van der Waals surface area contributed by atoms with Crippen molar-refractivity contribution in [2.75, 3.05) is 63.1 Å². The molecule has 0 atom stereocenters. The van der Waals surface area contributed by atoms with Crippen molar-refractivity contribution in [1.82, 2.24) is 0 Å². The van der Waals surface area contributed by atoms with Gasteiger partial charge >= 0.3 is 0 Å². The molecule has 30 aromatic rings. The molecule has 30 rings (SSSR count). The molecule has 0 saturated heterocycles. The number of hydrogen-bond acceptors (Lipinski definition) is 11. The molecule has 0 fully saturated rings. The molecule has 0 amide bonds. The lowest BCUT2D eigenvalue weighted by molar-refractivity contribution is 1.52. The molecule has 30 aromatic carbocycles. The Hall–Kier alpha value is -18.3. The van der Waals surface area contributed by atoms with Gasteiger partial charge in [0.1, 0.15) is 0 Å². The summed E-state index contributed by atoms with van der Waals surface area (Å²) in [6, 6.07) is 137. The van der Waals surface area contributed by atoms with E-state index in [4.69, 9.17) is 63.1 Å². The van der Waals surface area contributed by atoms with Crippen LogP contribution in [-0.4, -0.2) is 0 Å². The normalized spacial score (nSPS) is 11.9. The highest BCUT2D eigenvalue weighted by atomic mass is 14.7. The van der Waals surface area contributed by atoms with E-state index < -0.39 is 0 Å². The summed E-state index contributed by atoms with van der Waals surface area (Å²) in [5.74, 6) is 0. The van der Waals surface area contributed by atoms with E-state index in [0.717, 1.165) is 70.5 Å². The van der Waals surface area contributed by atoms with Crippen LogP contribution in [0.4, 0.5) is 62.6 Å². The quantitative estimate of drug-likeness (QED) is 0.0386. The molecule has 0 saturated carbocycles. The molecule has 0 spiro atoms. The standard InChI is InChI=1S/2C22H16N2.C21H15N.3C20H14N2/c23-21-11-19-9-17-7-15-5-13-3-1-2-4-14(13)6-16(15)8-18(17)10-20(19)12-22(21)24;23-21-6-5-15-9-18-10-16-7-13-3-1-2-4-14(13)8-17(16)11-19(18)12-20(15)22(21)24;1-12-10-14-6-7-15-11-13-4-2-3-5-16(13)17-8-9-18(21(12)22)20(14)19(15)17;21-19-15-7-3-5-11-8-9-13-10-12-4-1-2-6-14(12)18(20(19)22)17(13)16(11)15;21-16-9-7-14-10-13-5-4-11-2-1-3-12-6-8-15(18(13)17(11)12)19(14)20(16)22;21-17-9-14-8-13-5-4-11-2-1-3-12-6-7-15(20(13)19(11)12)16(14)10-18(17)22/h2*1-12H,23-24H2;2-11H,22H2,1H3;3*1-10H,21-22H2. The van der Waals surface area contributed by atoms with Gasteiger partial charge in [-0.2, -0.15) is 0 Å². The van der Waals surface area contributed by atoms with Gasteiger partial charge in [-0.15, -0.1) is 0 Å². The van der Waals surface area contributed by atoms with Gasteiger partial charge in [0.05, 0.1) is 56.9 Å². The lowest BCUT2D eigenvalue weighted by atomic mass is 9.89. The van der Waals surface area contributed by atoms with Crippen molar-refractivity contribution in [3.8, 4) is 0 Å². The van der Waals surface area contributed by atoms with Crippen molar-refractivity contribution < 1.29 is 0 Å². The molecule has 0 aliphatic rings. The van der Waals surface area contributed by atoms with Crippen molar-refractivity contribution in [1.29, 1.82) is 0 Å². The van der Waals surface area contributed by atoms with Crippen molar-refractivity contribution in [2.45, 2.75) is 6.92 Å². The summed E-state index contributed by atoms with van der Waals surface area (Å²) in [4.78, 5) is 0. The third-order valence-electron chi connectivity index (χ3n) is 28.6. The van der Waals surface area contributed by atoms with Crippen molar-refractivity contribution in [2.24, 2.45) is 0 Å². The molecule has 11 nitrogen and oxygen atoms in total. The number of rotatable bonds is 0. The summed E-state index contributed by atoms with van der Waals surface area (Å²) in [5.41, 5.74) is 76.1. The number of aryl methyl sites for hydroxylation is 1. The molecule has 0 bridgehead atoms. The minimum absolute atomic E-state index is 0.633. The van der Waals surface area contributed by atoms with Gasteiger partial charge in [0.25, 0.3) is 0 Å². The third-order valence-corrected chi connectivity index (χ3v) is 28.6. The van der Waals surface area contributed by atoms with E-state index in [9.17, 15) is 0 Å². The Labute approximate surface area is 779 Å². The van der Waals surface area contributed by atoms with E-state index in [2.05, 4.69) is 347 Å². The summed E-state index contributed by atoms with van der Waals surface area (Å²) in [5, 5.41) is 58.6. The van der Waals surface area contributed by atoms with Crippen molar-refractivity contribution >= 4 is 321 Å². The van der Waals surface area contributed by atoms with Gasteiger partial charge in [-0.1, -0.05) is 249 Å². The Balaban J connectivity index is 0.0000000869. The van der Waals surface area contributed by atoms with Crippen LogP contribution < -0.4 is 63.1 Å². The van der Waals surface area contributed by atoms with Gasteiger partial charge in [-0.05, 0) is 378 Å². The van der Waals surface area contributed by atoms with E-state index in [1.54, 1.807) is 0 Å². The smallest absolute Gasteiger partial charge is 0.0640 e. The van der Waals surface area contributed by atoms with Crippen LogP contribution >= 0.6 is 0 Å². The molecule has 644 valence electrons. The first kappa shape index (κ1) is 79.8. The Morgan fingerprint density at radius 1 is 0.110 bits per heavy atom. The lowest BCUT2D eigenvalue weighted by Gasteiger charge is -2.17. The maximum absolute atomic E-state index is 6.44. The molecule has 0 radical (unpaired) electrons. The molecule has 0 aromatic heterocycles. The van der Waals surface area contributed by atoms with Gasteiger partial charge in [-0.25, -0.2) is 0 Å². The number of benzene rings is 30. The molecular formula is C125H89N11. The predicted octanol–water partition coefficient (Wildman–Crippen LogP) is 31.3. The molecule has 0 aliphatic carbocycles. The maximum atomic E-state index is 6.44. The predicted molar refractivity (Wildman–Crippen MR) is 597 cm³/mol. The second kappa shape index (κ2) is 30.7. The first-order valence-electron chi connectivity index (χ1n) is 45.8. The van der Waals surface area contributed by atoms with Crippen LogP contribution in [0.25, 0.3) is 259 Å². The molecule has 0 unspecified atom stereocenters. The SMILES string of the molecule is Cc1cc2ccc3cc4ccccc4c4ccc(c1N)c2c34.Nc1c(N)c2c3ccccc3cc3ccc4cccc1c4c32.Nc1cc2cc3cc4cc5ccccc5cc4cc3cc2cc1N.Nc1cc2cc3ccc4cccc5ccc(c2cc1N)c3c45.Nc1ccc2cc3cc4cc5ccccc5cc4cc3cc2c1N.Nc1ccc2cc3ccc4cccc5ccc(c2c1N)c3c45. The van der Waals surface area contributed by atoms with E-state index >= 15 is 0 Å². The number of anilines is 11. The molecule has 0 aliphatic heterocycles. The monoisotopic (exact) mass is 1740 g/mol.